The highest BCUT2D eigenvalue weighted by Gasteiger charge is 2.43. The number of pyridine rings is 1. The predicted molar refractivity (Wildman–Crippen MR) is 86.6 cm³/mol. The summed E-state index contributed by atoms with van der Waals surface area (Å²) >= 11 is 0. The Balaban J connectivity index is 1.69. The summed E-state index contributed by atoms with van der Waals surface area (Å²) < 4.78 is 0. The highest BCUT2D eigenvalue weighted by Crippen LogP contribution is 2.27. The number of fused-ring (bicyclic) bond motifs is 1. The second kappa shape index (κ2) is 6.28. The van der Waals surface area contributed by atoms with Crippen molar-refractivity contribution in [1.29, 1.82) is 0 Å². The Labute approximate surface area is 136 Å². The summed E-state index contributed by atoms with van der Waals surface area (Å²) in [5.41, 5.74) is 2.12. The molecule has 124 valence electrons. The summed E-state index contributed by atoms with van der Waals surface area (Å²) in [6.45, 7) is 7.64. The van der Waals surface area contributed by atoms with Crippen molar-refractivity contribution in [3.63, 3.8) is 0 Å². The lowest BCUT2D eigenvalue weighted by Crippen LogP contribution is -2.58. The lowest BCUT2D eigenvalue weighted by atomic mass is 10.1. The van der Waals surface area contributed by atoms with Crippen LogP contribution in [-0.4, -0.2) is 57.8 Å². The van der Waals surface area contributed by atoms with Crippen molar-refractivity contribution < 1.29 is 9.59 Å². The Bertz CT molecular complexity index is 601. The molecule has 6 heteroatoms. The van der Waals surface area contributed by atoms with Gasteiger partial charge in [0.25, 0.3) is 0 Å². The first kappa shape index (κ1) is 15.9. The van der Waals surface area contributed by atoms with E-state index >= 15 is 0 Å². The van der Waals surface area contributed by atoms with Crippen LogP contribution in [0.5, 0.6) is 0 Å². The number of carbonyl (C=O) groups excluding carboxylic acids is 2. The Morgan fingerprint density at radius 2 is 2.17 bits per heavy atom. The summed E-state index contributed by atoms with van der Waals surface area (Å²) in [5, 5.41) is 2.94. The van der Waals surface area contributed by atoms with E-state index in [1.807, 2.05) is 37.1 Å². The normalized spacial score (nSPS) is 27.9. The maximum absolute atomic E-state index is 12.6. The molecule has 2 aliphatic rings. The molecule has 2 saturated heterocycles. The van der Waals surface area contributed by atoms with Gasteiger partial charge in [0.05, 0.1) is 11.7 Å². The van der Waals surface area contributed by atoms with Gasteiger partial charge in [-0.3, -0.25) is 19.5 Å². The van der Waals surface area contributed by atoms with E-state index in [9.17, 15) is 9.59 Å². The summed E-state index contributed by atoms with van der Waals surface area (Å²) in [5.74, 6) is 0.122. The molecule has 1 aromatic rings. The van der Waals surface area contributed by atoms with E-state index < -0.39 is 0 Å². The molecule has 0 aromatic carbocycles. The van der Waals surface area contributed by atoms with Crippen LogP contribution in [0.15, 0.2) is 18.3 Å². The second-order valence-electron chi connectivity index (χ2n) is 6.71. The minimum Gasteiger partial charge on any atom is -0.352 e. The minimum absolute atomic E-state index is 0.0314. The number of carbonyl (C=O) groups is 2. The molecule has 23 heavy (non-hydrogen) atoms. The van der Waals surface area contributed by atoms with Crippen molar-refractivity contribution in [2.75, 3.05) is 13.1 Å². The van der Waals surface area contributed by atoms with Gasteiger partial charge in [0, 0.05) is 44.8 Å². The van der Waals surface area contributed by atoms with Crippen molar-refractivity contribution in [3.8, 4) is 0 Å². The van der Waals surface area contributed by atoms with Crippen LogP contribution < -0.4 is 5.32 Å². The Morgan fingerprint density at radius 3 is 2.83 bits per heavy atom. The number of nitrogens with one attached hydrogen (secondary N) is 1. The molecule has 1 N–H and O–H groups in total. The van der Waals surface area contributed by atoms with E-state index in [0.29, 0.717) is 13.1 Å². The molecule has 0 unspecified atom stereocenters. The van der Waals surface area contributed by atoms with Crippen LogP contribution in [0.4, 0.5) is 0 Å². The average Bonchev–Trinajstić information content (AvgIpc) is 2.88. The van der Waals surface area contributed by atoms with Gasteiger partial charge in [-0.1, -0.05) is 6.07 Å². The van der Waals surface area contributed by atoms with Gasteiger partial charge in [0.1, 0.15) is 0 Å². The van der Waals surface area contributed by atoms with Gasteiger partial charge in [-0.2, -0.15) is 0 Å². The summed E-state index contributed by atoms with van der Waals surface area (Å²) in [7, 11) is 0. The fourth-order valence-corrected chi connectivity index (χ4v) is 3.58. The quantitative estimate of drug-likeness (QED) is 0.891. The minimum atomic E-state index is -0.148. The molecule has 0 saturated carbocycles. The van der Waals surface area contributed by atoms with E-state index in [0.717, 1.165) is 24.2 Å². The molecule has 0 spiro atoms. The molecule has 2 amide bonds. The first-order valence-electron chi connectivity index (χ1n) is 8.17. The molecular weight excluding hydrogens is 292 g/mol. The molecule has 3 rings (SSSR count). The number of amides is 2. The maximum Gasteiger partial charge on any atom is 0.240 e. The van der Waals surface area contributed by atoms with Crippen LogP contribution in [-0.2, 0) is 16.1 Å². The van der Waals surface area contributed by atoms with E-state index in [1.165, 1.54) is 6.92 Å². The lowest BCUT2D eigenvalue weighted by molar-refractivity contribution is -0.143. The zero-order valence-corrected chi connectivity index (χ0v) is 14.0. The van der Waals surface area contributed by atoms with Gasteiger partial charge in [-0.05, 0) is 31.9 Å². The fraction of sp³-hybridized carbons (Fsp3) is 0.588. The van der Waals surface area contributed by atoms with Crippen molar-refractivity contribution in [3.05, 3.63) is 29.6 Å². The molecular formula is C17H24N4O2. The van der Waals surface area contributed by atoms with Crippen LogP contribution in [0.3, 0.4) is 0 Å². The highest BCUT2D eigenvalue weighted by molar-refractivity contribution is 5.83. The summed E-state index contributed by atoms with van der Waals surface area (Å²) in [6.07, 6.45) is 2.69. The molecule has 0 aliphatic carbocycles. The van der Waals surface area contributed by atoms with Gasteiger partial charge in [-0.15, -0.1) is 0 Å². The number of rotatable bonds is 3. The Kier molecular flexibility index (Phi) is 4.35. The highest BCUT2D eigenvalue weighted by atomic mass is 16.2. The molecule has 2 aliphatic heterocycles. The van der Waals surface area contributed by atoms with Gasteiger partial charge >= 0.3 is 0 Å². The number of piperazine rings is 1. The maximum atomic E-state index is 12.6. The first-order valence-corrected chi connectivity index (χ1v) is 8.17. The largest absolute Gasteiger partial charge is 0.352 e. The fourth-order valence-electron chi connectivity index (χ4n) is 3.58. The van der Waals surface area contributed by atoms with Crippen molar-refractivity contribution in [2.45, 2.75) is 51.9 Å². The molecule has 3 atom stereocenters. The third-order valence-corrected chi connectivity index (χ3v) is 4.79. The van der Waals surface area contributed by atoms with E-state index in [2.05, 4.69) is 15.2 Å². The third-order valence-electron chi connectivity index (χ3n) is 4.79. The van der Waals surface area contributed by atoms with Crippen molar-refractivity contribution >= 4 is 11.8 Å². The van der Waals surface area contributed by atoms with E-state index in [1.54, 1.807) is 0 Å². The zero-order valence-electron chi connectivity index (χ0n) is 14.0. The predicted octanol–water partition coefficient (Wildman–Crippen LogP) is 0.700. The third kappa shape index (κ3) is 3.37. The topological polar surface area (TPSA) is 65.5 Å². The number of hydrogen-bond donors (Lipinski definition) is 1. The van der Waals surface area contributed by atoms with Gasteiger partial charge in [-0.25, -0.2) is 0 Å². The van der Waals surface area contributed by atoms with E-state index in [-0.39, 0.29) is 29.9 Å². The molecule has 0 radical (unpaired) electrons. The molecule has 6 nitrogen and oxygen atoms in total. The van der Waals surface area contributed by atoms with E-state index in [4.69, 9.17) is 0 Å². The number of hydrogen-bond acceptors (Lipinski definition) is 4. The molecule has 1 aromatic heterocycles. The Hall–Kier alpha value is -1.95. The second-order valence-corrected chi connectivity index (χ2v) is 6.71. The van der Waals surface area contributed by atoms with Crippen molar-refractivity contribution in [2.24, 2.45) is 0 Å². The number of aromatic nitrogens is 1. The first-order chi connectivity index (χ1) is 10.9. The Morgan fingerprint density at radius 1 is 1.39 bits per heavy atom. The van der Waals surface area contributed by atoms with Crippen LogP contribution in [0.25, 0.3) is 0 Å². The standard InChI is InChI=1S/C17H24N4O2/c1-11-4-5-14(18-7-11)8-20-10-16-6-15(19-13(3)22)9-21(16)17(23)12(20)2/h4-5,7,12,15-16H,6,8-10H2,1-3H3,(H,19,22)/t12-,15-,16-/m0/s1. The number of nitrogens with zero attached hydrogens (tertiary/aromatic N) is 3. The molecule has 3 heterocycles. The summed E-state index contributed by atoms with van der Waals surface area (Å²) in [6, 6.07) is 4.18. The van der Waals surface area contributed by atoms with Crippen LogP contribution in [0, 0.1) is 6.92 Å². The van der Waals surface area contributed by atoms with Gasteiger partial charge in [0.2, 0.25) is 11.8 Å². The average molecular weight is 316 g/mol. The van der Waals surface area contributed by atoms with Gasteiger partial charge in [0.15, 0.2) is 0 Å². The monoisotopic (exact) mass is 316 g/mol. The van der Waals surface area contributed by atoms with Crippen LogP contribution in [0.2, 0.25) is 0 Å². The molecule has 2 fully saturated rings. The lowest BCUT2D eigenvalue weighted by Gasteiger charge is -2.41. The smallest absolute Gasteiger partial charge is 0.240 e. The van der Waals surface area contributed by atoms with Crippen LogP contribution >= 0.6 is 0 Å². The van der Waals surface area contributed by atoms with Gasteiger partial charge < -0.3 is 10.2 Å². The SMILES string of the molecule is CC(=O)N[C@H]1C[C@H]2CN(Cc3ccc(C)cn3)[C@@H](C)C(=O)N2C1. The van der Waals surface area contributed by atoms with Crippen molar-refractivity contribution in [1.82, 2.24) is 20.1 Å². The zero-order chi connectivity index (χ0) is 16.6. The molecule has 0 bridgehead atoms. The number of aryl methyl sites for hydroxylation is 1. The summed E-state index contributed by atoms with van der Waals surface area (Å²) in [4.78, 5) is 32.5. The van der Waals surface area contributed by atoms with Crippen LogP contribution in [0.1, 0.15) is 31.5 Å².